The van der Waals surface area contributed by atoms with Crippen molar-refractivity contribution >= 4 is 5.91 Å². The lowest BCUT2D eigenvalue weighted by Gasteiger charge is -2.27. The molecule has 0 aliphatic carbocycles. The van der Waals surface area contributed by atoms with Crippen molar-refractivity contribution in [3.05, 3.63) is 12.7 Å². The first kappa shape index (κ1) is 10.2. The van der Waals surface area contributed by atoms with Crippen LogP contribution in [0.25, 0.3) is 0 Å². The molecule has 1 unspecified atom stereocenters. The maximum Gasteiger partial charge on any atom is 0.224 e. The molecule has 4 heteroatoms. The Hall–Kier alpha value is -0.870. The Morgan fingerprint density at radius 2 is 2.23 bits per heavy atom. The van der Waals surface area contributed by atoms with Crippen molar-refractivity contribution in [2.24, 2.45) is 5.73 Å². The third-order valence-electron chi connectivity index (χ3n) is 2.08. The minimum Gasteiger partial charge on any atom is -0.378 e. The lowest BCUT2D eigenvalue weighted by molar-refractivity contribution is -0.135. The first-order valence-corrected chi connectivity index (χ1v) is 4.47. The summed E-state index contributed by atoms with van der Waals surface area (Å²) < 4.78 is 5.14. The number of morpholine rings is 1. The van der Waals surface area contributed by atoms with Crippen LogP contribution in [0.3, 0.4) is 0 Å². The van der Waals surface area contributed by atoms with Crippen molar-refractivity contribution in [2.45, 2.75) is 12.5 Å². The third kappa shape index (κ3) is 3.16. The standard InChI is InChI=1S/C9H16N2O2/c1-2-8(10)7-9(12)11-3-5-13-6-4-11/h2,8H,1,3-7,10H2. The van der Waals surface area contributed by atoms with Gasteiger partial charge >= 0.3 is 0 Å². The molecule has 1 saturated heterocycles. The molecule has 0 radical (unpaired) electrons. The van der Waals surface area contributed by atoms with Gasteiger partial charge in [0.25, 0.3) is 0 Å². The van der Waals surface area contributed by atoms with Gasteiger partial charge in [0, 0.05) is 25.6 Å². The monoisotopic (exact) mass is 184 g/mol. The summed E-state index contributed by atoms with van der Waals surface area (Å²) in [6.45, 7) is 6.17. The number of amides is 1. The quantitative estimate of drug-likeness (QED) is 0.615. The molecular weight excluding hydrogens is 168 g/mol. The minimum atomic E-state index is -0.227. The fourth-order valence-electron chi connectivity index (χ4n) is 1.23. The molecule has 1 fully saturated rings. The molecule has 0 aromatic carbocycles. The van der Waals surface area contributed by atoms with Gasteiger partial charge in [0.2, 0.25) is 5.91 Å². The summed E-state index contributed by atoms with van der Waals surface area (Å²) in [6.07, 6.45) is 1.95. The van der Waals surface area contributed by atoms with E-state index >= 15 is 0 Å². The van der Waals surface area contributed by atoms with Crippen molar-refractivity contribution in [1.29, 1.82) is 0 Å². The number of nitrogens with zero attached hydrogens (tertiary/aromatic N) is 1. The zero-order chi connectivity index (χ0) is 9.68. The molecule has 13 heavy (non-hydrogen) atoms. The summed E-state index contributed by atoms with van der Waals surface area (Å²) >= 11 is 0. The minimum absolute atomic E-state index is 0.0932. The number of nitrogens with two attached hydrogens (primary N) is 1. The Kier molecular flexibility index (Phi) is 3.92. The van der Waals surface area contributed by atoms with E-state index in [1.54, 1.807) is 11.0 Å². The average Bonchev–Trinajstić information content (AvgIpc) is 2.19. The smallest absolute Gasteiger partial charge is 0.224 e. The maximum absolute atomic E-state index is 11.5. The average molecular weight is 184 g/mol. The molecule has 1 aliphatic rings. The molecule has 0 aromatic heterocycles. The van der Waals surface area contributed by atoms with Crippen LogP contribution in [0.15, 0.2) is 12.7 Å². The van der Waals surface area contributed by atoms with Crippen LogP contribution in [-0.2, 0) is 9.53 Å². The van der Waals surface area contributed by atoms with Gasteiger partial charge in [0.1, 0.15) is 0 Å². The summed E-state index contributed by atoms with van der Waals surface area (Å²) in [6, 6.07) is -0.227. The topological polar surface area (TPSA) is 55.6 Å². The van der Waals surface area contributed by atoms with Crippen LogP contribution in [0.5, 0.6) is 0 Å². The Labute approximate surface area is 78.3 Å². The molecule has 2 N–H and O–H groups in total. The molecule has 74 valence electrons. The van der Waals surface area contributed by atoms with Gasteiger partial charge in [-0.05, 0) is 0 Å². The second-order valence-electron chi connectivity index (χ2n) is 3.10. The highest BCUT2D eigenvalue weighted by molar-refractivity contribution is 5.77. The molecular formula is C9H16N2O2. The highest BCUT2D eigenvalue weighted by atomic mass is 16.5. The van der Waals surface area contributed by atoms with Crippen molar-refractivity contribution in [3.63, 3.8) is 0 Å². The Bertz CT molecular complexity index is 188. The van der Waals surface area contributed by atoms with Crippen molar-refractivity contribution in [2.75, 3.05) is 26.3 Å². The van der Waals surface area contributed by atoms with E-state index in [4.69, 9.17) is 10.5 Å². The van der Waals surface area contributed by atoms with E-state index in [0.717, 1.165) is 0 Å². The lowest BCUT2D eigenvalue weighted by atomic mass is 10.2. The van der Waals surface area contributed by atoms with E-state index in [1.165, 1.54) is 0 Å². The molecule has 0 saturated carbocycles. The molecule has 0 spiro atoms. The Morgan fingerprint density at radius 1 is 1.62 bits per heavy atom. The van der Waals surface area contributed by atoms with Crippen LogP contribution in [-0.4, -0.2) is 43.2 Å². The second-order valence-corrected chi connectivity index (χ2v) is 3.10. The number of carbonyl (C=O) groups is 1. The van der Waals surface area contributed by atoms with E-state index in [2.05, 4.69) is 6.58 Å². The van der Waals surface area contributed by atoms with Crippen molar-refractivity contribution in [3.8, 4) is 0 Å². The van der Waals surface area contributed by atoms with Gasteiger partial charge in [0.05, 0.1) is 13.2 Å². The molecule has 4 nitrogen and oxygen atoms in total. The molecule has 1 aliphatic heterocycles. The van der Waals surface area contributed by atoms with Gasteiger partial charge in [0.15, 0.2) is 0 Å². The summed E-state index contributed by atoms with van der Waals surface area (Å²) in [7, 11) is 0. The second kappa shape index (κ2) is 4.99. The SMILES string of the molecule is C=CC(N)CC(=O)N1CCOCC1. The van der Waals surface area contributed by atoms with Crippen LogP contribution < -0.4 is 5.73 Å². The number of hydrogen-bond donors (Lipinski definition) is 1. The predicted octanol–water partition coefficient (Wildman–Crippen LogP) is -0.251. The van der Waals surface area contributed by atoms with Crippen molar-refractivity contribution < 1.29 is 9.53 Å². The van der Waals surface area contributed by atoms with Crippen molar-refractivity contribution in [1.82, 2.24) is 4.90 Å². The molecule has 1 heterocycles. The Balaban J connectivity index is 2.32. The summed E-state index contributed by atoms with van der Waals surface area (Å²) in [4.78, 5) is 13.3. The maximum atomic E-state index is 11.5. The highest BCUT2D eigenvalue weighted by Gasteiger charge is 2.17. The van der Waals surface area contributed by atoms with E-state index in [1.807, 2.05) is 0 Å². The van der Waals surface area contributed by atoms with E-state index < -0.39 is 0 Å². The number of rotatable bonds is 3. The largest absolute Gasteiger partial charge is 0.378 e. The molecule has 1 rings (SSSR count). The molecule has 1 amide bonds. The molecule has 1 atom stereocenters. The molecule has 0 bridgehead atoms. The lowest BCUT2D eigenvalue weighted by Crippen LogP contribution is -2.42. The fraction of sp³-hybridized carbons (Fsp3) is 0.667. The van der Waals surface area contributed by atoms with Crippen LogP contribution >= 0.6 is 0 Å². The van der Waals surface area contributed by atoms with E-state index in [9.17, 15) is 4.79 Å². The summed E-state index contributed by atoms with van der Waals surface area (Å²) in [5.41, 5.74) is 5.58. The highest BCUT2D eigenvalue weighted by Crippen LogP contribution is 2.01. The van der Waals surface area contributed by atoms with Gasteiger partial charge in [-0.25, -0.2) is 0 Å². The summed E-state index contributed by atoms with van der Waals surface area (Å²) in [5, 5.41) is 0. The van der Waals surface area contributed by atoms with Gasteiger partial charge in [-0.2, -0.15) is 0 Å². The van der Waals surface area contributed by atoms with Crippen LogP contribution in [0, 0.1) is 0 Å². The normalized spacial score (nSPS) is 19.6. The summed E-state index contributed by atoms with van der Waals surface area (Å²) in [5.74, 6) is 0.0932. The van der Waals surface area contributed by atoms with Crippen LogP contribution in [0.1, 0.15) is 6.42 Å². The van der Waals surface area contributed by atoms with Gasteiger partial charge in [-0.1, -0.05) is 6.08 Å². The number of hydrogen-bond acceptors (Lipinski definition) is 3. The first-order valence-electron chi connectivity index (χ1n) is 4.47. The van der Waals surface area contributed by atoms with E-state index in [0.29, 0.717) is 32.7 Å². The molecule has 0 aromatic rings. The van der Waals surface area contributed by atoms with Crippen LogP contribution in [0.2, 0.25) is 0 Å². The Morgan fingerprint density at radius 3 is 2.77 bits per heavy atom. The fourth-order valence-corrected chi connectivity index (χ4v) is 1.23. The van der Waals surface area contributed by atoms with Crippen LogP contribution in [0.4, 0.5) is 0 Å². The first-order chi connectivity index (χ1) is 6.24. The van der Waals surface area contributed by atoms with Gasteiger partial charge < -0.3 is 15.4 Å². The predicted molar refractivity (Wildman–Crippen MR) is 50.2 cm³/mol. The number of ether oxygens (including phenoxy) is 1. The third-order valence-corrected chi connectivity index (χ3v) is 2.08. The zero-order valence-corrected chi connectivity index (χ0v) is 7.74. The zero-order valence-electron chi connectivity index (χ0n) is 7.74. The number of carbonyl (C=O) groups excluding carboxylic acids is 1. The van der Waals surface area contributed by atoms with Gasteiger partial charge in [-0.15, -0.1) is 6.58 Å². The van der Waals surface area contributed by atoms with Gasteiger partial charge in [-0.3, -0.25) is 4.79 Å². The van der Waals surface area contributed by atoms with E-state index in [-0.39, 0.29) is 11.9 Å².